The summed E-state index contributed by atoms with van der Waals surface area (Å²) in [6.45, 7) is 2.06. The molecule has 0 spiro atoms. The lowest BCUT2D eigenvalue weighted by molar-refractivity contribution is 0.0600. The third-order valence-electron chi connectivity index (χ3n) is 2.63. The molecule has 2 aromatic rings. The molecule has 1 aromatic carbocycles. The fraction of sp³-hybridized carbons (Fsp3) is 0.286. The van der Waals surface area contributed by atoms with Crippen LogP contribution < -0.4 is 9.47 Å². The summed E-state index contributed by atoms with van der Waals surface area (Å²) in [7, 11) is 2.83. The maximum Gasteiger partial charge on any atom is 0.337 e. The quantitative estimate of drug-likeness (QED) is 0.781. The van der Waals surface area contributed by atoms with Crippen LogP contribution in [0.25, 0.3) is 0 Å². The van der Waals surface area contributed by atoms with E-state index >= 15 is 0 Å². The molecule has 106 valence electrons. The van der Waals surface area contributed by atoms with Gasteiger partial charge in [-0.2, -0.15) is 0 Å². The van der Waals surface area contributed by atoms with E-state index in [1.807, 2.05) is 6.92 Å². The first-order valence-corrected chi connectivity index (χ1v) is 5.95. The van der Waals surface area contributed by atoms with Crippen LogP contribution in [0.5, 0.6) is 11.5 Å². The molecule has 0 bridgehead atoms. The van der Waals surface area contributed by atoms with Crippen molar-refractivity contribution >= 4 is 5.97 Å². The molecule has 2 rings (SSSR count). The normalized spacial score (nSPS) is 10.2. The second kappa shape index (κ2) is 6.10. The summed E-state index contributed by atoms with van der Waals surface area (Å²) in [5.74, 6) is 1.14. The summed E-state index contributed by atoms with van der Waals surface area (Å²) >= 11 is 0. The second-order valence-electron chi connectivity index (χ2n) is 4.08. The smallest absolute Gasteiger partial charge is 0.337 e. The molecule has 1 aromatic heterocycles. The third kappa shape index (κ3) is 3.09. The maximum absolute atomic E-state index is 11.4. The van der Waals surface area contributed by atoms with Crippen LogP contribution in [0.4, 0.5) is 0 Å². The van der Waals surface area contributed by atoms with Gasteiger partial charge in [-0.1, -0.05) is 5.16 Å². The number of benzene rings is 1. The van der Waals surface area contributed by atoms with Crippen molar-refractivity contribution in [1.29, 1.82) is 0 Å². The van der Waals surface area contributed by atoms with Gasteiger partial charge in [-0.15, -0.1) is 0 Å². The molecule has 6 nitrogen and oxygen atoms in total. The van der Waals surface area contributed by atoms with E-state index in [9.17, 15) is 4.79 Å². The number of hydrogen-bond donors (Lipinski definition) is 0. The molecule has 0 radical (unpaired) electrons. The molecule has 0 unspecified atom stereocenters. The Morgan fingerprint density at radius 1 is 1.25 bits per heavy atom. The summed E-state index contributed by atoms with van der Waals surface area (Å²) in [4.78, 5) is 11.4. The number of aryl methyl sites for hydroxylation is 1. The molecule has 0 saturated carbocycles. The summed E-state index contributed by atoms with van der Waals surface area (Å²) < 4.78 is 20.5. The van der Waals surface area contributed by atoms with Gasteiger partial charge >= 0.3 is 5.97 Å². The number of rotatable bonds is 5. The zero-order valence-electron chi connectivity index (χ0n) is 11.5. The lowest BCUT2D eigenvalue weighted by atomic mass is 10.2. The van der Waals surface area contributed by atoms with Crippen molar-refractivity contribution in [3.63, 3.8) is 0 Å². The standard InChI is InChI=1S/C14H15NO5/c1-9-6-11(20-15-9)8-19-12-5-4-10(14(16)18-3)7-13(12)17-2/h4-7H,8H2,1-3H3. The number of nitrogens with zero attached hydrogens (tertiary/aromatic N) is 1. The SMILES string of the molecule is COC(=O)c1ccc(OCc2cc(C)no2)c(OC)c1. The number of aromatic nitrogens is 1. The average Bonchev–Trinajstić information content (AvgIpc) is 2.89. The molecule has 0 aliphatic carbocycles. The van der Waals surface area contributed by atoms with E-state index < -0.39 is 5.97 Å². The minimum absolute atomic E-state index is 0.231. The number of hydrogen-bond acceptors (Lipinski definition) is 6. The van der Waals surface area contributed by atoms with Crippen LogP contribution in [-0.2, 0) is 11.3 Å². The molecule has 0 saturated heterocycles. The Bertz CT molecular complexity index is 605. The van der Waals surface area contributed by atoms with Gasteiger partial charge in [-0.05, 0) is 25.1 Å². The van der Waals surface area contributed by atoms with Crippen LogP contribution in [0.1, 0.15) is 21.8 Å². The highest BCUT2D eigenvalue weighted by Gasteiger charge is 2.12. The van der Waals surface area contributed by atoms with E-state index in [2.05, 4.69) is 9.89 Å². The van der Waals surface area contributed by atoms with Gasteiger partial charge in [0.2, 0.25) is 0 Å². The second-order valence-corrected chi connectivity index (χ2v) is 4.08. The van der Waals surface area contributed by atoms with E-state index in [0.29, 0.717) is 22.8 Å². The van der Waals surface area contributed by atoms with Crippen LogP contribution >= 0.6 is 0 Å². The number of carbonyl (C=O) groups is 1. The Kier molecular flexibility index (Phi) is 4.24. The summed E-state index contributed by atoms with van der Waals surface area (Å²) in [5.41, 5.74) is 1.18. The predicted molar refractivity (Wildman–Crippen MR) is 69.9 cm³/mol. The van der Waals surface area contributed by atoms with E-state index in [1.165, 1.54) is 14.2 Å². The van der Waals surface area contributed by atoms with Gasteiger partial charge in [0.1, 0.15) is 6.61 Å². The fourth-order valence-electron chi connectivity index (χ4n) is 1.66. The van der Waals surface area contributed by atoms with Crippen LogP contribution in [0.15, 0.2) is 28.8 Å². The van der Waals surface area contributed by atoms with Gasteiger partial charge in [0.05, 0.1) is 25.5 Å². The van der Waals surface area contributed by atoms with Gasteiger partial charge in [0.15, 0.2) is 17.3 Å². The van der Waals surface area contributed by atoms with Gasteiger partial charge in [-0.3, -0.25) is 0 Å². The Labute approximate surface area is 116 Å². The third-order valence-corrected chi connectivity index (χ3v) is 2.63. The summed E-state index contributed by atoms with van der Waals surface area (Å²) in [6.07, 6.45) is 0. The van der Waals surface area contributed by atoms with E-state index in [4.69, 9.17) is 14.0 Å². The van der Waals surface area contributed by atoms with Crippen LogP contribution in [-0.4, -0.2) is 25.3 Å². The van der Waals surface area contributed by atoms with Crippen molar-refractivity contribution in [2.24, 2.45) is 0 Å². The van der Waals surface area contributed by atoms with Gasteiger partial charge < -0.3 is 18.7 Å². The molecular weight excluding hydrogens is 262 g/mol. The molecule has 0 aliphatic rings. The lowest BCUT2D eigenvalue weighted by Crippen LogP contribution is -2.03. The first kappa shape index (κ1) is 13.9. The van der Waals surface area contributed by atoms with Gasteiger partial charge in [-0.25, -0.2) is 4.79 Å². The molecule has 0 aliphatic heterocycles. The zero-order valence-corrected chi connectivity index (χ0v) is 11.5. The number of carbonyl (C=O) groups excluding carboxylic acids is 1. The van der Waals surface area contributed by atoms with Crippen molar-refractivity contribution in [3.05, 3.63) is 41.3 Å². The van der Waals surface area contributed by atoms with Crippen molar-refractivity contribution in [1.82, 2.24) is 5.16 Å². The summed E-state index contributed by atoms with van der Waals surface area (Å²) in [5, 5.41) is 3.77. The maximum atomic E-state index is 11.4. The number of esters is 1. The average molecular weight is 277 g/mol. The topological polar surface area (TPSA) is 70.8 Å². The first-order chi connectivity index (χ1) is 9.63. The molecule has 0 amide bonds. The molecular formula is C14H15NO5. The highest BCUT2D eigenvalue weighted by molar-refractivity contribution is 5.90. The number of methoxy groups -OCH3 is 2. The van der Waals surface area contributed by atoms with Crippen molar-refractivity contribution in [2.75, 3.05) is 14.2 Å². The van der Waals surface area contributed by atoms with Crippen molar-refractivity contribution in [3.8, 4) is 11.5 Å². The Balaban J connectivity index is 2.13. The van der Waals surface area contributed by atoms with E-state index in [0.717, 1.165) is 5.69 Å². The predicted octanol–water partition coefficient (Wildman–Crippen LogP) is 2.36. The van der Waals surface area contributed by atoms with Gasteiger partial charge in [0.25, 0.3) is 0 Å². The Hall–Kier alpha value is -2.50. The molecule has 0 fully saturated rings. The highest BCUT2D eigenvalue weighted by Crippen LogP contribution is 2.29. The van der Waals surface area contributed by atoms with Crippen LogP contribution in [0.3, 0.4) is 0 Å². The molecule has 0 N–H and O–H groups in total. The first-order valence-electron chi connectivity index (χ1n) is 5.95. The largest absolute Gasteiger partial charge is 0.493 e. The van der Waals surface area contributed by atoms with Gasteiger partial charge in [0, 0.05) is 6.07 Å². The minimum Gasteiger partial charge on any atom is -0.493 e. The van der Waals surface area contributed by atoms with Crippen LogP contribution in [0, 0.1) is 6.92 Å². The lowest BCUT2D eigenvalue weighted by Gasteiger charge is -2.10. The Morgan fingerprint density at radius 3 is 2.65 bits per heavy atom. The zero-order chi connectivity index (χ0) is 14.5. The van der Waals surface area contributed by atoms with E-state index in [1.54, 1.807) is 24.3 Å². The minimum atomic E-state index is -0.430. The molecule has 1 heterocycles. The summed E-state index contributed by atoms with van der Waals surface area (Å²) in [6, 6.07) is 6.60. The Morgan fingerprint density at radius 2 is 2.05 bits per heavy atom. The monoisotopic (exact) mass is 277 g/mol. The molecule has 20 heavy (non-hydrogen) atoms. The highest BCUT2D eigenvalue weighted by atomic mass is 16.5. The molecule has 0 atom stereocenters. The fourth-order valence-corrected chi connectivity index (χ4v) is 1.66. The van der Waals surface area contributed by atoms with E-state index in [-0.39, 0.29) is 6.61 Å². The van der Waals surface area contributed by atoms with Crippen LogP contribution in [0.2, 0.25) is 0 Å². The molecule has 6 heteroatoms. The number of ether oxygens (including phenoxy) is 3. The van der Waals surface area contributed by atoms with Crippen molar-refractivity contribution < 1.29 is 23.5 Å². The van der Waals surface area contributed by atoms with Crippen molar-refractivity contribution in [2.45, 2.75) is 13.5 Å².